The van der Waals surface area contributed by atoms with Crippen molar-refractivity contribution < 1.29 is 0 Å². The number of aryl methyl sites for hydroxylation is 1. The number of nitrogens with zero attached hydrogens (tertiary/aromatic N) is 2. The van der Waals surface area contributed by atoms with Crippen LogP contribution in [-0.4, -0.2) is 36.1 Å². The molecule has 3 heteroatoms. The van der Waals surface area contributed by atoms with Crippen molar-refractivity contribution in [1.29, 1.82) is 0 Å². The Kier molecular flexibility index (Phi) is 4.63. The third-order valence-electron chi connectivity index (χ3n) is 4.17. The van der Waals surface area contributed by atoms with Crippen LogP contribution in [0.3, 0.4) is 0 Å². The maximum atomic E-state index is 4.74. The van der Waals surface area contributed by atoms with Gasteiger partial charge < -0.3 is 5.32 Å². The smallest absolute Gasteiger partial charge is 0.0777 e. The lowest BCUT2D eigenvalue weighted by Gasteiger charge is -2.35. The van der Waals surface area contributed by atoms with Crippen molar-refractivity contribution in [1.82, 2.24) is 15.2 Å². The summed E-state index contributed by atoms with van der Waals surface area (Å²) in [6.07, 6.45) is 3.06. The third kappa shape index (κ3) is 3.31. The minimum absolute atomic E-state index is 0.263. The maximum absolute atomic E-state index is 4.74. The molecule has 2 heterocycles. The molecule has 0 amide bonds. The predicted molar refractivity (Wildman–Crippen MR) is 86.3 cm³/mol. The second-order valence-electron chi connectivity index (χ2n) is 5.54. The molecular weight excluding hydrogens is 258 g/mol. The Morgan fingerprint density at radius 2 is 1.86 bits per heavy atom. The highest BCUT2D eigenvalue weighted by atomic mass is 15.2. The van der Waals surface area contributed by atoms with Gasteiger partial charge in [-0.1, -0.05) is 43.3 Å². The molecular formula is C18H23N3. The Balaban J connectivity index is 1.94. The van der Waals surface area contributed by atoms with Crippen LogP contribution in [0.5, 0.6) is 0 Å². The predicted octanol–water partition coefficient (Wildman–Crippen LogP) is 2.64. The number of piperazine rings is 1. The number of benzene rings is 1. The van der Waals surface area contributed by atoms with Crippen molar-refractivity contribution in [2.45, 2.75) is 19.4 Å². The molecule has 1 fully saturated rings. The van der Waals surface area contributed by atoms with Gasteiger partial charge in [-0.25, -0.2) is 0 Å². The highest BCUT2D eigenvalue weighted by Gasteiger charge is 2.24. The summed E-state index contributed by atoms with van der Waals surface area (Å²) in [4.78, 5) is 7.27. The molecule has 1 saturated heterocycles. The van der Waals surface area contributed by atoms with E-state index in [2.05, 4.69) is 59.6 Å². The topological polar surface area (TPSA) is 28.2 Å². The van der Waals surface area contributed by atoms with Crippen LogP contribution in [0, 0.1) is 0 Å². The number of pyridine rings is 1. The van der Waals surface area contributed by atoms with E-state index < -0.39 is 0 Å². The Morgan fingerprint density at radius 1 is 1.10 bits per heavy atom. The summed E-state index contributed by atoms with van der Waals surface area (Å²) in [5.41, 5.74) is 3.78. The average molecular weight is 281 g/mol. The van der Waals surface area contributed by atoms with Gasteiger partial charge in [0.1, 0.15) is 0 Å². The quantitative estimate of drug-likeness (QED) is 0.934. The van der Waals surface area contributed by atoms with Gasteiger partial charge in [-0.3, -0.25) is 9.88 Å². The Labute approximate surface area is 127 Å². The lowest BCUT2D eigenvalue weighted by molar-refractivity contribution is 0.195. The molecule has 1 aliphatic heterocycles. The van der Waals surface area contributed by atoms with Gasteiger partial charge in [-0.2, -0.15) is 0 Å². The summed E-state index contributed by atoms with van der Waals surface area (Å²) >= 11 is 0. The van der Waals surface area contributed by atoms with Crippen molar-refractivity contribution in [3.63, 3.8) is 0 Å². The third-order valence-corrected chi connectivity index (χ3v) is 4.17. The molecule has 21 heavy (non-hydrogen) atoms. The van der Waals surface area contributed by atoms with E-state index in [1.165, 1.54) is 11.1 Å². The summed E-state index contributed by atoms with van der Waals surface area (Å²) in [6, 6.07) is 15.4. The van der Waals surface area contributed by atoms with Crippen LogP contribution in [0.15, 0.2) is 48.7 Å². The summed E-state index contributed by atoms with van der Waals surface area (Å²) < 4.78 is 0. The Morgan fingerprint density at radius 3 is 2.48 bits per heavy atom. The van der Waals surface area contributed by atoms with Gasteiger partial charge in [-0.05, 0) is 23.6 Å². The van der Waals surface area contributed by atoms with Crippen LogP contribution in [0.4, 0.5) is 0 Å². The molecule has 2 aromatic rings. The van der Waals surface area contributed by atoms with Crippen LogP contribution >= 0.6 is 0 Å². The molecule has 1 atom stereocenters. The zero-order valence-electron chi connectivity index (χ0n) is 12.6. The van der Waals surface area contributed by atoms with Gasteiger partial charge in [-0.15, -0.1) is 0 Å². The lowest BCUT2D eigenvalue weighted by Crippen LogP contribution is -2.45. The van der Waals surface area contributed by atoms with Gasteiger partial charge in [0.25, 0.3) is 0 Å². The van der Waals surface area contributed by atoms with Crippen LogP contribution in [-0.2, 0) is 6.42 Å². The molecule has 0 radical (unpaired) electrons. The molecule has 110 valence electrons. The first-order valence-corrected chi connectivity index (χ1v) is 7.83. The van der Waals surface area contributed by atoms with Crippen molar-refractivity contribution in [3.8, 4) is 0 Å². The fraction of sp³-hybridized carbons (Fsp3) is 0.389. The fourth-order valence-corrected chi connectivity index (χ4v) is 2.95. The molecule has 0 bridgehead atoms. The first kappa shape index (κ1) is 14.2. The first-order chi connectivity index (χ1) is 10.4. The molecule has 1 aromatic heterocycles. The minimum Gasteiger partial charge on any atom is -0.314 e. The standard InChI is InChI=1S/C18H23N3/c1-2-15-8-9-17(20-14-15)18(16-6-4-3-5-7-16)21-12-10-19-11-13-21/h3-9,14,18-19H,2,10-13H2,1H3. The van der Waals surface area contributed by atoms with Gasteiger partial charge in [0.05, 0.1) is 11.7 Å². The van der Waals surface area contributed by atoms with E-state index in [9.17, 15) is 0 Å². The average Bonchev–Trinajstić information content (AvgIpc) is 2.58. The van der Waals surface area contributed by atoms with E-state index in [4.69, 9.17) is 4.98 Å². The zero-order chi connectivity index (χ0) is 14.5. The first-order valence-electron chi connectivity index (χ1n) is 7.83. The molecule has 1 aromatic carbocycles. The van der Waals surface area contributed by atoms with Gasteiger partial charge in [0.15, 0.2) is 0 Å². The normalized spacial score (nSPS) is 17.6. The number of rotatable bonds is 4. The van der Waals surface area contributed by atoms with Gasteiger partial charge in [0.2, 0.25) is 0 Å². The SMILES string of the molecule is CCc1ccc(C(c2ccccc2)N2CCNCC2)nc1. The van der Waals surface area contributed by atoms with E-state index in [1.807, 2.05) is 6.20 Å². The Bertz CT molecular complexity index is 544. The highest BCUT2D eigenvalue weighted by Crippen LogP contribution is 2.27. The Hall–Kier alpha value is -1.71. The largest absolute Gasteiger partial charge is 0.314 e. The number of nitrogens with one attached hydrogen (secondary N) is 1. The van der Waals surface area contributed by atoms with E-state index in [1.54, 1.807) is 0 Å². The lowest BCUT2D eigenvalue weighted by atomic mass is 10.00. The minimum atomic E-state index is 0.263. The van der Waals surface area contributed by atoms with Crippen LogP contribution in [0.25, 0.3) is 0 Å². The van der Waals surface area contributed by atoms with E-state index >= 15 is 0 Å². The van der Waals surface area contributed by atoms with Crippen molar-refractivity contribution in [3.05, 3.63) is 65.5 Å². The van der Waals surface area contributed by atoms with Crippen molar-refractivity contribution >= 4 is 0 Å². The molecule has 0 spiro atoms. The van der Waals surface area contributed by atoms with Crippen LogP contribution in [0.2, 0.25) is 0 Å². The second kappa shape index (κ2) is 6.83. The summed E-state index contributed by atoms with van der Waals surface area (Å²) in [6.45, 7) is 6.40. The summed E-state index contributed by atoms with van der Waals surface area (Å²) in [5, 5.41) is 3.43. The monoisotopic (exact) mass is 281 g/mol. The van der Waals surface area contributed by atoms with E-state index in [-0.39, 0.29) is 6.04 Å². The maximum Gasteiger partial charge on any atom is 0.0777 e. The number of aromatic nitrogens is 1. The second-order valence-corrected chi connectivity index (χ2v) is 5.54. The van der Waals surface area contributed by atoms with Gasteiger partial charge in [0, 0.05) is 32.4 Å². The highest BCUT2D eigenvalue weighted by molar-refractivity contribution is 5.29. The van der Waals surface area contributed by atoms with Crippen LogP contribution < -0.4 is 5.32 Å². The molecule has 3 rings (SSSR count). The van der Waals surface area contributed by atoms with E-state index in [0.717, 1.165) is 38.3 Å². The number of hydrogen-bond acceptors (Lipinski definition) is 3. The molecule has 0 aliphatic carbocycles. The van der Waals surface area contributed by atoms with Crippen molar-refractivity contribution in [2.24, 2.45) is 0 Å². The fourth-order valence-electron chi connectivity index (χ4n) is 2.95. The van der Waals surface area contributed by atoms with Crippen LogP contribution in [0.1, 0.15) is 29.8 Å². The van der Waals surface area contributed by atoms with E-state index in [0.29, 0.717) is 0 Å². The van der Waals surface area contributed by atoms with Gasteiger partial charge >= 0.3 is 0 Å². The number of hydrogen-bond donors (Lipinski definition) is 1. The summed E-state index contributed by atoms with van der Waals surface area (Å²) in [5.74, 6) is 0. The molecule has 3 nitrogen and oxygen atoms in total. The summed E-state index contributed by atoms with van der Waals surface area (Å²) in [7, 11) is 0. The molecule has 1 unspecified atom stereocenters. The van der Waals surface area contributed by atoms with Crippen molar-refractivity contribution in [2.75, 3.05) is 26.2 Å². The molecule has 1 aliphatic rings. The molecule has 1 N–H and O–H groups in total. The molecule has 0 saturated carbocycles. The zero-order valence-corrected chi connectivity index (χ0v) is 12.6.